The molecular weight excluding hydrogens is 244 g/mol. The van der Waals surface area contributed by atoms with E-state index in [9.17, 15) is 9.59 Å². The summed E-state index contributed by atoms with van der Waals surface area (Å²) in [5.74, 6) is -0.656. The van der Waals surface area contributed by atoms with Crippen molar-refractivity contribution < 1.29 is 14.7 Å². The third kappa shape index (κ3) is 2.85. The minimum atomic E-state index is -0.795. The van der Waals surface area contributed by atoms with Crippen LogP contribution in [0.4, 0.5) is 4.79 Å². The van der Waals surface area contributed by atoms with Gasteiger partial charge in [-0.3, -0.25) is 4.79 Å². The van der Waals surface area contributed by atoms with Gasteiger partial charge >= 0.3 is 12.0 Å². The van der Waals surface area contributed by atoms with E-state index in [1.54, 1.807) is 4.90 Å². The first-order valence-corrected chi connectivity index (χ1v) is 7.13. The number of piperidine rings is 1. The SMILES string of the molecule is CC(C)C1(C)CC1NC(=O)N1CCCC(C(=O)O)C1. The molecule has 19 heavy (non-hydrogen) atoms. The molecule has 1 heterocycles. The van der Waals surface area contributed by atoms with E-state index in [1.165, 1.54) is 0 Å². The van der Waals surface area contributed by atoms with Crippen LogP contribution in [0, 0.1) is 17.3 Å². The van der Waals surface area contributed by atoms with Gasteiger partial charge in [-0.2, -0.15) is 0 Å². The Morgan fingerprint density at radius 3 is 2.63 bits per heavy atom. The Labute approximate surface area is 114 Å². The number of likely N-dealkylation sites (tertiary alicyclic amines) is 1. The van der Waals surface area contributed by atoms with Gasteiger partial charge in [0.2, 0.25) is 0 Å². The molecule has 1 saturated heterocycles. The van der Waals surface area contributed by atoms with E-state index in [1.807, 2.05) is 0 Å². The van der Waals surface area contributed by atoms with Crippen LogP contribution in [-0.2, 0) is 4.79 Å². The van der Waals surface area contributed by atoms with Gasteiger partial charge < -0.3 is 15.3 Å². The molecule has 0 spiro atoms. The average molecular weight is 268 g/mol. The summed E-state index contributed by atoms with van der Waals surface area (Å²) in [6.07, 6.45) is 2.47. The molecule has 0 aromatic rings. The fourth-order valence-corrected chi connectivity index (χ4v) is 2.84. The first kappa shape index (κ1) is 14.2. The normalized spacial score (nSPS) is 34.2. The lowest BCUT2D eigenvalue weighted by Gasteiger charge is -2.31. The molecule has 5 nitrogen and oxygen atoms in total. The highest BCUT2D eigenvalue weighted by atomic mass is 16.4. The molecule has 1 saturated carbocycles. The maximum Gasteiger partial charge on any atom is 0.317 e. The van der Waals surface area contributed by atoms with Crippen molar-refractivity contribution in [2.45, 2.75) is 46.1 Å². The Kier molecular flexibility index (Phi) is 3.74. The van der Waals surface area contributed by atoms with Crippen molar-refractivity contribution in [1.82, 2.24) is 10.2 Å². The molecular formula is C14H24N2O3. The van der Waals surface area contributed by atoms with E-state index < -0.39 is 11.9 Å². The molecule has 0 bridgehead atoms. The van der Waals surface area contributed by atoms with E-state index in [2.05, 4.69) is 26.1 Å². The standard InChI is InChI=1S/C14H24N2O3/c1-9(2)14(3)7-11(14)15-13(19)16-6-4-5-10(8-16)12(17)18/h9-11H,4-8H2,1-3H3,(H,15,19)(H,17,18). The van der Waals surface area contributed by atoms with Crippen LogP contribution in [-0.4, -0.2) is 41.1 Å². The monoisotopic (exact) mass is 268 g/mol. The zero-order chi connectivity index (χ0) is 14.2. The third-order valence-corrected chi connectivity index (χ3v) is 4.95. The van der Waals surface area contributed by atoms with Gasteiger partial charge in [-0.05, 0) is 30.6 Å². The topological polar surface area (TPSA) is 69.6 Å². The minimum Gasteiger partial charge on any atom is -0.481 e. The molecule has 1 aliphatic carbocycles. The molecule has 3 atom stereocenters. The maximum atomic E-state index is 12.1. The number of hydrogen-bond donors (Lipinski definition) is 2. The molecule has 1 aliphatic heterocycles. The lowest BCUT2D eigenvalue weighted by molar-refractivity contribution is -0.143. The zero-order valence-corrected chi connectivity index (χ0v) is 12.0. The van der Waals surface area contributed by atoms with Crippen LogP contribution in [0.2, 0.25) is 0 Å². The fourth-order valence-electron chi connectivity index (χ4n) is 2.84. The number of urea groups is 1. The highest BCUT2D eigenvalue weighted by Gasteiger charge is 2.53. The van der Waals surface area contributed by atoms with Crippen LogP contribution >= 0.6 is 0 Å². The van der Waals surface area contributed by atoms with Crippen molar-refractivity contribution in [3.05, 3.63) is 0 Å². The summed E-state index contributed by atoms with van der Waals surface area (Å²) in [6.45, 7) is 7.55. The Balaban J connectivity index is 1.86. The summed E-state index contributed by atoms with van der Waals surface area (Å²) in [7, 11) is 0. The van der Waals surface area contributed by atoms with Gasteiger partial charge in [0.1, 0.15) is 0 Å². The van der Waals surface area contributed by atoms with Crippen LogP contribution in [0.25, 0.3) is 0 Å². The largest absolute Gasteiger partial charge is 0.481 e. The summed E-state index contributed by atoms with van der Waals surface area (Å²) in [6, 6.07) is 0.144. The maximum absolute atomic E-state index is 12.1. The van der Waals surface area contributed by atoms with Gasteiger partial charge in [0.05, 0.1) is 5.92 Å². The molecule has 2 amide bonds. The van der Waals surface area contributed by atoms with E-state index in [-0.39, 0.29) is 17.5 Å². The first-order valence-electron chi connectivity index (χ1n) is 7.13. The molecule has 2 aliphatic rings. The quantitative estimate of drug-likeness (QED) is 0.821. The molecule has 2 rings (SSSR count). The van der Waals surface area contributed by atoms with Crippen LogP contribution < -0.4 is 5.32 Å². The zero-order valence-electron chi connectivity index (χ0n) is 12.0. The van der Waals surface area contributed by atoms with E-state index >= 15 is 0 Å². The lowest BCUT2D eigenvalue weighted by atomic mass is 9.94. The second-order valence-corrected chi connectivity index (χ2v) is 6.49. The predicted octanol–water partition coefficient (Wildman–Crippen LogP) is 1.93. The minimum absolute atomic E-state index is 0.0969. The molecule has 0 radical (unpaired) electrons. The summed E-state index contributed by atoms with van der Waals surface area (Å²) in [5, 5.41) is 12.1. The van der Waals surface area contributed by atoms with Gasteiger partial charge in [0.25, 0.3) is 0 Å². The summed E-state index contributed by atoms with van der Waals surface area (Å²) < 4.78 is 0. The highest BCUT2D eigenvalue weighted by molar-refractivity contribution is 5.77. The van der Waals surface area contributed by atoms with E-state index in [0.717, 1.165) is 12.8 Å². The van der Waals surface area contributed by atoms with Crippen LogP contribution in [0.1, 0.15) is 40.0 Å². The summed E-state index contributed by atoms with van der Waals surface area (Å²) in [5.41, 5.74) is 0.206. The second-order valence-electron chi connectivity index (χ2n) is 6.49. The number of rotatable bonds is 3. The fraction of sp³-hybridized carbons (Fsp3) is 0.857. The molecule has 3 unspecified atom stereocenters. The summed E-state index contributed by atoms with van der Waals surface area (Å²) in [4.78, 5) is 24.8. The molecule has 2 fully saturated rings. The van der Waals surface area contributed by atoms with Gasteiger partial charge in [-0.25, -0.2) is 4.79 Å². The number of nitrogens with zero attached hydrogens (tertiary/aromatic N) is 1. The van der Waals surface area contributed by atoms with Crippen LogP contribution in [0.3, 0.4) is 0 Å². The van der Waals surface area contributed by atoms with Crippen molar-refractivity contribution in [2.75, 3.05) is 13.1 Å². The number of carboxylic acids is 1. The number of nitrogens with one attached hydrogen (secondary N) is 1. The number of aliphatic carboxylic acids is 1. The van der Waals surface area contributed by atoms with Crippen molar-refractivity contribution in [3.8, 4) is 0 Å². The molecule has 2 N–H and O–H groups in total. The summed E-state index contributed by atoms with van der Waals surface area (Å²) >= 11 is 0. The van der Waals surface area contributed by atoms with Gasteiger partial charge in [-0.15, -0.1) is 0 Å². The predicted molar refractivity (Wildman–Crippen MR) is 71.8 cm³/mol. The van der Waals surface area contributed by atoms with Gasteiger partial charge in [0, 0.05) is 19.1 Å². The van der Waals surface area contributed by atoms with Crippen molar-refractivity contribution in [3.63, 3.8) is 0 Å². The Bertz CT molecular complexity index is 383. The second kappa shape index (κ2) is 5.02. The highest BCUT2D eigenvalue weighted by Crippen LogP contribution is 2.51. The van der Waals surface area contributed by atoms with Crippen molar-refractivity contribution in [2.24, 2.45) is 17.3 Å². The Morgan fingerprint density at radius 2 is 2.11 bits per heavy atom. The average Bonchev–Trinajstić information content (AvgIpc) is 3.01. The lowest BCUT2D eigenvalue weighted by Crippen LogP contribution is -2.48. The van der Waals surface area contributed by atoms with Gasteiger partial charge in [0.15, 0.2) is 0 Å². The van der Waals surface area contributed by atoms with Crippen molar-refractivity contribution >= 4 is 12.0 Å². The van der Waals surface area contributed by atoms with Crippen molar-refractivity contribution in [1.29, 1.82) is 0 Å². The number of carboxylic acid groups (broad SMARTS) is 1. The van der Waals surface area contributed by atoms with Crippen LogP contribution in [0.5, 0.6) is 0 Å². The van der Waals surface area contributed by atoms with E-state index in [4.69, 9.17) is 5.11 Å². The smallest absolute Gasteiger partial charge is 0.317 e. The number of amides is 2. The number of hydrogen-bond acceptors (Lipinski definition) is 2. The molecule has 0 aromatic carbocycles. The third-order valence-electron chi connectivity index (χ3n) is 4.95. The first-order chi connectivity index (χ1) is 8.84. The number of carbonyl (C=O) groups excluding carboxylic acids is 1. The van der Waals surface area contributed by atoms with Crippen LogP contribution in [0.15, 0.2) is 0 Å². The van der Waals surface area contributed by atoms with Gasteiger partial charge in [-0.1, -0.05) is 20.8 Å². The van der Waals surface area contributed by atoms with E-state index in [0.29, 0.717) is 25.4 Å². The Morgan fingerprint density at radius 1 is 1.42 bits per heavy atom. The Hall–Kier alpha value is -1.26. The molecule has 108 valence electrons. The molecule has 0 aromatic heterocycles. The number of carbonyl (C=O) groups is 2. The molecule has 5 heteroatoms.